The number of amides is 1. The molecule has 4 heteroatoms. The monoisotopic (exact) mass is 278 g/mol. The summed E-state index contributed by atoms with van der Waals surface area (Å²) in [6.07, 6.45) is 0. The SMILES string of the molecule is CCOCC(=O)NCc1ccccc1CN(CC)CC. The normalized spacial score (nSPS) is 10.8. The number of hydrogen-bond acceptors (Lipinski definition) is 3. The van der Waals surface area contributed by atoms with Gasteiger partial charge in [-0.25, -0.2) is 0 Å². The van der Waals surface area contributed by atoms with Crippen LogP contribution in [0.25, 0.3) is 0 Å². The molecule has 112 valence electrons. The molecule has 1 amide bonds. The average Bonchev–Trinajstić information content (AvgIpc) is 2.49. The number of carbonyl (C=O) groups excluding carboxylic acids is 1. The molecule has 0 aliphatic carbocycles. The van der Waals surface area contributed by atoms with E-state index in [1.165, 1.54) is 11.1 Å². The molecule has 4 nitrogen and oxygen atoms in total. The summed E-state index contributed by atoms with van der Waals surface area (Å²) in [5.41, 5.74) is 2.44. The van der Waals surface area contributed by atoms with Gasteiger partial charge in [-0.15, -0.1) is 0 Å². The zero-order valence-electron chi connectivity index (χ0n) is 12.8. The van der Waals surface area contributed by atoms with Crippen molar-refractivity contribution < 1.29 is 9.53 Å². The number of nitrogens with zero attached hydrogens (tertiary/aromatic N) is 1. The number of ether oxygens (including phenoxy) is 1. The van der Waals surface area contributed by atoms with Crippen molar-refractivity contribution in [3.8, 4) is 0 Å². The van der Waals surface area contributed by atoms with Gasteiger partial charge in [0.15, 0.2) is 0 Å². The Labute approximate surface area is 122 Å². The maximum absolute atomic E-state index is 11.6. The first-order valence-electron chi connectivity index (χ1n) is 7.34. The van der Waals surface area contributed by atoms with Crippen LogP contribution in [0.15, 0.2) is 24.3 Å². The molecule has 0 atom stereocenters. The summed E-state index contributed by atoms with van der Waals surface area (Å²) < 4.78 is 5.09. The number of benzene rings is 1. The van der Waals surface area contributed by atoms with Gasteiger partial charge in [-0.1, -0.05) is 38.1 Å². The van der Waals surface area contributed by atoms with Crippen LogP contribution in [-0.2, 0) is 22.6 Å². The van der Waals surface area contributed by atoms with E-state index in [1.54, 1.807) is 0 Å². The van der Waals surface area contributed by atoms with Crippen molar-refractivity contribution in [1.82, 2.24) is 10.2 Å². The second-order valence-electron chi connectivity index (χ2n) is 4.64. The molecule has 1 N–H and O–H groups in total. The molecule has 0 fully saturated rings. The Morgan fingerprint density at radius 2 is 1.80 bits per heavy atom. The highest BCUT2D eigenvalue weighted by atomic mass is 16.5. The summed E-state index contributed by atoms with van der Waals surface area (Å²) in [4.78, 5) is 13.9. The van der Waals surface area contributed by atoms with Crippen molar-refractivity contribution in [1.29, 1.82) is 0 Å². The van der Waals surface area contributed by atoms with Gasteiger partial charge in [0.1, 0.15) is 6.61 Å². The third kappa shape index (κ3) is 5.72. The second-order valence-corrected chi connectivity index (χ2v) is 4.64. The Bertz CT molecular complexity index is 403. The summed E-state index contributed by atoms with van der Waals surface area (Å²) in [6.45, 7) is 10.4. The lowest BCUT2D eigenvalue weighted by Crippen LogP contribution is -2.28. The van der Waals surface area contributed by atoms with Gasteiger partial charge < -0.3 is 10.1 Å². The molecule has 20 heavy (non-hydrogen) atoms. The van der Waals surface area contributed by atoms with Crippen molar-refractivity contribution in [2.24, 2.45) is 0 Å². The number of nitrogens with one attached hydrogen (secondary N) is 1. The predicted molar refractivity (Wildman–Crippen MR) is 81.4 cm³/mol. The standard InChI is InChI=1S/C16H26N2O2/c1-4-18(5-2)12-15-10-8-7-9-14(15)11-17-16(19)13-20-6-3/h7-10H,4-6,11-13H2,1-3H3,(H,17,19). The molecule has 0 unspecified atom stereocenters. The first kappa shape index (κ1) is 16.7. The van der Waals surface area contributed by atoms with E-state index in [-0.39, 0.29) is 12.5 Å². The summed E-state index contributed by atoms with van der Waals surface area (Å²) in [6, 6.07) is 8.25. The molecule has 0 aromatic heterocycles. The Balaban J connectivity index is 2.59. The molecular formula is C16H26N2O2. The lowest BCUT2D eigenvalue weighted by molar-refractivity contribution is -0.125. The quantitative estimate of drug-likeness (QED) is 0.753. The summed E-state index contributed by atoms with van der Waals surface area (Å²) >= 11 is 0. The van der Waals surface area contributed by atoms with Crippen molar-refractivity contribution >= 4 is 5.91 Å². The van der Waals surface area contributed by atoms with Crippen LogP contribution in [0.2, 0.25) is 0 Å². The van der Waals surface area contributed by atoms with Crippen LogP contribution in [0.5, 0.6) is 0 Å². The first-order chi connectivity index (χ1) is 9.71. The summed E-state index contributed by atoms with van der Waals surface area (Å²) in [5, 5.41) is 2.90. The predicted octanol–water partition coefficient (Wildman–Crippen LogP) is 2.18. The van der Waals surface area contributed by atoms with Crippen molar-refractivity contribution in [3.05, 3.63) is 35.4 Å². The lowest BCUT2D eigenvalue weighted by atomic mass is 10.1. The molecule has 1 rings (SSSR count). The number of rotatable bonds is 9. The van der Waals surface area contributed by atoms with E-state index in [4.69, 9.17) is 4.74 Å². The fourth-order valence-electron chi connectivity index (χ4n) is 2.01. The van der Waals surface area contributed by atoms with Gasteiger partial charge >= 0.3 is 0 Å². The highest BCUT2D eigenvalue weighted by molar-refractivity contribution is 5.77. The van der Waals surface area contributed by atoms with Gasteiger partial charge in [-0.05, 0) is 31.1 Å². The van der Waals surface area contributed by atoms with E-state index < -0.39 is 0 Å². The van der Waals surface area contributed by atoms with E-state index in [1.807, 2.05) is 19.1 Å². The molecule has 0 saturated carbocycles. The van der Waals surface area contributed by atoms with Crippen LogP contribution < -0.4 is 5.32 Å². The third-order valence-corrected chi connectivity index (χ3v) is 3.32. The minimum atomic E-state index is -0.0653. The van der Waals surface area contributed by atoms with Crippen LogP contribution in [0.3, 0.4) is 0 Å². The lowest BCUT2D eigenvalue weighted by Gasteiger charge is -2.20. The number of hydrogen-bond donors (Lipinski definition) is 1. The van der Waals surface area contributed by atoms with Crippen LogP contribution in [0.4, 0.5) is 0 Å². The molecular weight excluding hydrogens is 252 g/mol. The fourth-order valence-corrected chi connectivity index (χ4v) is 2.01. The molecule has 0 radical (unpaired) electrons. The largest absolute Gasteiger partial charge is 0.372 e. The average molecular weight is 278 g/mol. The molecule has 0 saturated heterocycles. The fraction of sp³-hybridized carbons (Fsp3) is 0.562. The maximum Gasteiger partial charge on any atom is 0.246 e. The first-order valence-corrected chi connectivity index (χ1v) is 7.34. The summed E-state index contributed by atoms with van der Waals surface area (Å²) in [5.74, 6) is -0.0653. The van der Waals surface area contributed by atoms with E-state index in [0.29, 0.717) is 13.2 Å². The van der Waals surface area contributed by atoms with Gasteiger partial charge in [-0.3, -0.25) is 9.69 Å². The van der Waals surface area contributed by atoms with E-state index in [0.717, 1.165) is 19.6 Å². The molecule has 1 aromatic rings. The molecule has 0 spiro atoms. The van der Waals surface area contributed by atoms with Crippen LogP contribution >= 0.6 is 0 Å². The van der Waals surface area contributed by atoms with Crippen molar-refractivity contribution in [3.63, 3.8) is 0 Å². The zero-order valence-corrected chi connectivity index (χ0v) is 12.8. The van der Waals surface area contributed by atoms with Gasteiger partial charge in [0.2, 0.25) is 5.91 Å². The van der Waals surface area contributed by atoms with Gasteiger partial charge in [-0.2, -0.15) is 0 Å². The van der Waals surface area contributed by atoms with Gasteiger partial charge in [0.25, 0.3) is 0 Å². The van der Waals surface area contributed by atoms with Gasteiger partial charge in [0, 0.05) is 19.7 Å². The molecule has 0 aliphatic rings. The second kappa shape index (κ2) is 9.50. The van der Waals surface area contributed by atoms with Crippen molar-refractivity contribution in [2.75, 3.05) is 26.3 Å². The zero-order chi connectivity index (χ0) is 14.8. The molecule has 0 bridgehead atoms. The Hall–Kier alpha value is -1.39. The Kier molecular flexibility index (Phi) is 7.92. The Morgan fingerprint density at radius 1 is 1.15 bits per heavy atom. The van der Waals surface area contributed by atoms with E-state index >= 15 is 0 Å². The minimum Gasteiger partial charge on any atom is -0.372 e. The highest BCUT2D eigenvalue weighted by Crippen LogP contribution is 2.11. The van der Waals surface area contributed by atoms with Crippen molar-refractivity contribution in [2.45, 2.75) is 33.9 Å². The minimum absolute atomic E-state index is 0.0653. The summed E-state index contributed by atoms with van der Waals surface area (Å²) in [7, 11) is 0. The molecule has 0 aliphatic heterocycles. The third-order valence-electron chi connectivity index (χ3n) is 3.32. The molecule has 0 heterocycles. The topological polar surface area (TPSA) is 41.6 Å². The number of carbonyl (C=O) groups is 1. The molecule has 1 aromatic carbocycles. The van der Waals surface area contributed by atoms with E-state index in [9.17, 15) is 4.79 Å². The van der Waals surface area contributed by atoms with Gasteiger partial charge in [0.05, 0.1) is 0 Å². The Morgan fingerprint density at radius 3 is 2.40 bits per heavy atom. The van der Waals surface area contributed by atoms with Crippen LogP contribution in [0, 0.1) is 0 Å². The van der Waals surface area contributed by atoms with Crippen LogP contribution in [-0.4, -0.2) is 37.1 Å². The highest BCUT2D eigenvalue weighted by Gasteiger charge is 2.07. The van der Waals surface area contributed by atoms with Crippen LogP contribution in [0.1, 0.15) is 31.9 Å². The van der Waals surface area contributed by atoms with E-state index in [2.05, 4.69) is 36.2 Å². The maximum atomic E-state index is 11.6. The smallest absolute Gasteiger partial charge is 0.246 e.